The third-order valence-electron chi connectivity index (χ3n) is 5.77. The molecule has 0 amide bonds. The van der Waals surface area contributed by atoms with Gasteiger partial charge in [-0.2, -0.15) is 0 Å². The lowest BCUT2D eigenvalue weighted by molar-refractivity contribution is -0.332. The second-order valence-corrected chi connectivity index (χ2v) is 8.45. The molecule has 3 aromatic rings. The third kappa shape index (κ3) is 4.49. The molecule has 11 heteroatoms. The van der Waals surface area contributed by atoms with Gasteiger partial charge in [0, 0.05) is 12.1 Å². The quantitative estimate of drug-likeness (QED) is 0.294. The minimum Gasteiger partial charge on any atom is -0.489 e. The van der Waals surface area contributed by atoms with Crippen molar-refractivity contribution in [2.45, 2.75) is 56.3 Å². The SMILES string of the molecule is CC(C)(OC1OC(CO)C(O)C(O)C1O)C(O)COc1c2ccoc2cc2oc(=O)ccc12. The second-order valence-electron chi connectivity index (χ2n) is 8.45. The van der Waals surface area contributed by atoms with Crippen molar-refractivity contribution in [2.75, 3.05) is 13.2 Å². The molecular weight excluding hydrogens is 440 g/mol. The van der Waals surface area contributed by atoms with Crippen LogP contribution in [0.25, 0.3) is 21.9 Å². The van der Waals surface area contributed by atoms with Crippen LogP contribution in [0.15, 0.2) is 44.2 Å². The lowest BCUT2D eigenvalue weighted by atomic mass is 9.98. The Morgan fingerprint density at radius 1 is 1.06 bits per heavy atom. The lowest BCUT2D eigenvalue weighted by Gasteiger charge is -2.43. The zero-order valence-corrected chi connectivity index (χ0v) is 18.0. The van der Waals surface area contributed by atoms with Gasteiger partial charge in [-0.05, 0) is 26.0 Å². The van der Waals surface area contributed by atoms with E-state index in [-0.39, 0.29) is 12.2 Å². The number of aliphatic hydroxyl groups excluding tert-OH is 5. The maximum Gasteiger partial charge on any atom is 0.336 e. The van der Waals surface area contributed by atoms with Crippen molar-refractivity contribution >= 4 is 21.9 Å². The molecule has 6 unspecified atom stereocenters. The highest BCUT2D eigenvalue weighted by molar-refractivity contribution is 6.01. The summed E-state index contributed by atoms with van der Waals surface area (Å²) in [5.74, 6) is 0.336. The zero-order valence-electron chi connectivity index (χ0n) is 18.0. The Bertz CT molecular complexity index is 1160. The van der Waals surface area contributed by atoms with Gasteiger partial charge in [0.1, 0.15) is 54.0 Å². The minimum atomic E-state index is -1.61. The van der Waals surface area contributed by atoms with Gasteiger partial charge in [-0.3, -0.25) is 0 Å². The normalized spacial score (nSPS) is 27.2. The lowest BCUT2D eigenvalue weighted by Crippen LogP contribution is -2.61. The highest BCUT2D eigenvalue weighted by Gasteiger charge is 2.47. The van der Waals surface area contributed by atoms with E-state index in [0.717, 1.165) is 0 Å². The summed E-state index contributed by atoms with van der Waals surface area (Å²) >= 11 is 0. The molecule has 1 saturated heterocycles. The van der Waals surface area contributed by atoms with Crippen LogP contribution in [0.5, 0.6) is 5.75 Å². The average molecular weight is 466 g/mol. The summed E-state index contributed by atoms with van der Waals surface area (Å²) in [6.07, 6.45) is -7.10. The van der Waals surface area contributed by atoms with E-state index in [1.54, 1.807) is 18.2 Å². The number of fused-ring (bicyclic) bond motifs is 2. The molecule has 0 saturated carbocycles. The molecule has 4 rings (SSSR count). The average Bonchev–Trinajstić information content (AvgIpc) is 3.24. The predicted molar refractivity (Wildman–Crippen MR) is 113 cm³/mol. The summed E-state index contributed by atoms with van der Waals surface area (Å²) in [5, 5.41) is 51.3. The Balaban J connectivity index is 1.52. The molecule has 0 radical (unpaired) electrons. The molecule has 1 aliphatic heterocycles. The van der Waals surface area contributed by atoms with Gasteiger partial charge in [0.2, 0.25) is 0 Å². The van der Waals surface area contributed by atoms with E-state index in [0.29, 0.717) is 22.1 Å². The van der Waals surface area contributed by atoms with Crippen molar-refractivity contribution in [3.63, 3.8) is 0 Å². The molecule has 33 heavy (non-hydrogen) atoms. The Morgan fingerprint density at radius 3 is 2.52 bits per heavy atom. The van der Waals surface area contributed by atoms with Gasteiger partial charge in [-0.15, -0.1) is 0 Å². The third-order valence-corrected chi connectivity index (χ3v) is 5.77. The summed E-state index contributed by atoms with van der Waals surface area (Å²) in [6, 6.07) is 6.05. The van der Waals surface area contributed by atoms with Gasteiger partial charge in [-0.25, -0.2) is 4.79 Å². The number of ether oxygens (including phenoxy) is 3. The minimum absolute atomic E-state index is 0.256. The van der Waals surface area contributed by atoms with Crippen molar-refractivity contribution in [3.05, 3.63) is 40.9 Å². The Kier molecular flexibility index (Phi) is 6.47. The molecular formula is C22H26O11. The van der Waals surface area contributed by atoms with Gasteiger partial charge in [0.25, 0.3) is 0 Å². The first kappa shape index (κ1) is 23.6. The molecule has 3 heterocycles. The van der Waals surface area contributed by atoms with E-state index >= 15 is 0 Å². The number of aliphatic hydroxyl groups is 5. The molecule has 0 bridgehead atoms. The largest absolute Gasteiger partial charge is 0.489 e. The molecule has 180 valence electrons. The number of furan rings is 1. The van der Waals surface area contributed by atoms with Gasteiger partial charge >= 0.3 is 5.63 Å². The van der Waals surface area contributed by atoms with Crippen molar-refractivity contribution in [3.8, 4) is 5.75 Å². The Hall–Kier alpha value is -2.51. The summed E-state index contributed by atoms with van der Waals surface area (Å²) in [5.41, 5.74) is -1.20. The highest BCUT2D eigenvalue weighted by Crippen LogP contribution is 2.35. The van der Waals surface area contributed by atoms with E-state index in [1.807, 2.05) is 0 Å². The summed E-state index contributed by atoms with van der Waals surface area (Å²) in [6.45, 7) is 2.19. The molecule has 11 nitrogen and oxygen atoms in total. The number of hydrogen-bond acceptors (Lipinski definition) is 11. The number of benzene rings is 1. The maximum atomic E-state index is 11.6. The van der Waals surface area contributed by atoms with Crippen LogP contribution in [0.2, 0.25) is 0 Å². The van der Waals surface area contributed by atoms with E-state index in [1.165, 1.54) is 26.2 Å². The van der Waals surface area contributed by atoms with Crippen molar-refractivity contribution in [1.82, 2.24) is 0 Å². The first-order valence-electron chi connectivity index (χ1n) is 10.4. The fourth-order valence-electron chi connectivity index (χ4n) is 3.67. The molecule has 0 aliphatic carbocycles. The first-order valence-corrected chi connectivity index (χ1v) is 10.4. The molecule has 1 aliphatic rings. The first-order chi connectivity index (χ1) is 15.6. The zero-order chi connectivity index (χ0) is 23.9. The predicted octanol–water partition coefficient (Wildman–Crippen LogP) is -0.126. The van der Waals surface area contributed by atoms with Crippen molar-refractivity contribution in [2.24, 2.45) is 0 Å². The van der Waals surface area contributed by atoms with E-state index in [2.05, 4.69) is 0 Å². The molecule has 2 aromatic heterocycles. The van der Waals surface area contributed by atoms with Crippen LogP contribution in [0, 0.1) is 0 Å². The van der Waals surface area contributed by atoms with Crippen LogP contribution in [-0.4, -0.2) is 81.2 Å². The van der Waals surface area contributed by atoms with Crippen LogP contribution in [0.4, 0.5) is 0 Å². The van der Waals surface area contributed by atoms with Gasteiger partial charge in [0.05, 0.1) is 29.2 Å². The van der Waals surface area contributed by atoms with Gasteiger partial charge < -0.3 is 48.6 Å². The van der Waals surface area contributed by atoms with Crippen LogP contribution < -0.4 is 10.4 Å². The van der Waals surface area contributed by atoms with E-state index in [4.69, 9.17) is 23.0 Å². The molecule has 1 fully saturated rings. The van der Waals surface area contributed by atoms with Crippen LogP contribution in [0.3, 0.4) is 0 Å². The topological polar surface area (TPSA) is 172 Å². The summed E-state index contributed by atoms with van der Waals surface area (Å²) in [7, 11) is 0. The second kappa shape index (κ2) is 9.03. The number of hydrogen-bond donors (Lipinski definition) is 5. The fraction of sp³-hybridized carbons (Fsp3) is 0.500. The van der Waals surface area contributed by atoms with Gasteiger partial charge in [-0.1, -0.05) is 0 Å². The molecule has 5 N–H and O–H groups in total. The van der Waals surface area contributed by atoms with E-state index in [9.17, 15) is 30.3 Å². The van der Waals surface area contributed by atoms with Crippen LogP contribution in [0.1, 0.15) is 13.8 Å². The monoisotopic (exact) mass is 466 g/mol. The Morgan fingerprint density at radius 2 is 1.79 bits per heavy atom. The maximum absolute atomic E-state index is 11.6. The standard InChI is InChI=1S/C22H26O11/c1-22(2,33-21-19(28)18(27)17(26)14(8-23)32-21)15(24)9-30-20-10-3-4-16(25)31-13(10)7-12-11(20)5-6-29-12/h3-7,14-15,17-19,21,23-24,26-28H,8-9H2,1-2H3. The number of rotatable bonds is 7. The molecule has 6 atom stereocenters. The smallest absolute Gasteiger partial charge is 0.336 e. The Labute approximate surface area is 187 Å². The molecule has 1 aromatic carbocycles. The van der Waals surface area contributed by atoms with Gasteiger partial charge in [0.15, 0.2) is 6.29 Å². The van der Waals surface area contributed by atoms with Crippen molar-refractivity contribution in [1.29, 1.82) is 0 Å². The highest BCUT2D eigenvalue weighted by atomic mass is 16.7. The fourth-order valence-corrected chi connectivity index (χ4v) is 3.67. The molecule has 0 spiro atoms. The van der Waals surface area contributed by atoms with Crippen molar-refractivity contribution < 1.29 is 48.6 Å². The van der Waals surface area contributed by atoms with Crippen LogP contribution >= 0.6 is 0 Å². The van der Waals surface area contributed by atoms with Crippen LogP contribution in [-0.2, 0) is 9.47 Å². The summed E-state index contributed by atoms with van der Waals surface area (Å²) in [4.78, 5) is 11.6. The van der Waals surface area contributed by atoms with E-state index < -0.39 is 54.6 Å². The summed E-state index contributed by atoms with van der Waals surface area (Å²) < 4.78 is 27.6.